The highest BCUT2D eigenvalue weighted by Gasteiger charge is 2.48. The first-order valence-electron chi connectivity index (χ1n) is 4.95. The predicted molar refractivity (Wildman–Crippen MR) is 61.0 cm³/mol. The van der Waals surface area contributed by atoms with E-state index in [1.165, 1.54) is 17.7 Å². The zero-order chi connectivity index (χ0) is 10.3. The van der Waals surface area contributed by atoms with Gasteiger partial charge in [0.1, 0.15) is 0 Å². The number of nitrogens with two attached hydrogens (primary N) is 1. The van der Waals surface area contributed by atoms with Crippen LogP contribution < -0.4 is 10.6 Å². The fourth-order valence-electron chi connectivity index (χ4n) is 1.76. The molecule has 0 radical (unpaired) electrons. The molecule has 4 heteroatoms. The first-order valence-corrected chi connectivity index (χ1v) is 5.77. The van der Waals surface area contributed by atoms with Crippen LogP contribution in [0.2, 0.25) is 0 Å². The maximum atomic E-state index is 6.02. The van der Waals surface area contributed by atoms with E-state index < -0.39 is 0 Å². The predicted octanol–water partition coefficient (Wildman–Crippen LogP) is 1.59. The van der Waals surface area contributed by atoms with Crippen LogP contribution in [-0.2, 0) is 5.41 Å². The second kappa shape index (κ2) is 3.21. The van der Waals surface area contributed by atoms with Crippen molar-refractivity contribution < 1.29 is 0 Å². The van der Waals surface area contributed by atoms with Crippen LogP contribution in [0.15, 0.2) is 6.20 Å². The summed E-state index contributed by atoms with van der Waals surface area (Å²) in [7, 11) is 4.04. The van der Waals surface area contributed by atoms with Crippen LogP contribution in [0.3, 0.4) is 0 Å². The van der Waals surface area contributed by atoms with Gasteiger partial charge in [0.25, 0.3) is 0 Å². The molecule has 1 atom stereocenters. The summed E-state index contributed by atoms with van der Waals surface area (Å²) < 4.78 is 0. The SMILES string of the molecule is CC(N)C1(c2cnc(N(C)C)s2)CC1. The van der Waals surface area contributed by atoms with Gasteiger partial charge in [-0.15, -0.1) is 11.3 Å². The van der Waals surface area contributed by atoms with E-state index in [1.807, 2.05) is 25.2 Å². The second-order valence-electron chi connectivity index (χ2n) is 4.35. The van der Waals surface area contributed by atoms with Crippen molar-refractivity contribution in [3.8, 4) is 0 Å². The zero-order valence-corrected chi connectivity index (χ0v) is 9.77. The van der Waals surface area contributed by atoms with Crippen molar-refractivity contribution in [1.29, 1.82) is 0 Å². The first-order chi connectivity index (χ1) is 6.56. The molecule has 0 aliphatic heterocycles. The Kier molecular flexibility index (Phi) is 2.27. The molecule has 0 bridgehead atoms. The summed E-state index contributed by atoms with van der Waals surface area (Å²) in [5, 5.41) is 1.08. The van der Waals surface area contributed by atoms with E-state index in [0.29, 0.717) is 0 Å². The number of aromatic nitrogens is 1. The summed E-state index contributed by atoms with van der Waals surface area (Å²) >= 11 is 1.77. The molecule has 1 aromatic heterocycles. The zero-order valence-electron chi connectivity index (χ0n) is 8.95. The number of anilines is 1. The molecule has 1 aliphatic rings. The quantitative estimate of drug-likeness (QED) is 0.825. The lowest BCUT2D eigenvalue weighted by atomic mass is 9.98. The molecule has 0 saturated heterocycles. The molecule has 1 unspecified atom stereocenters. The number of thiazole rings is 1. The van der Waals surface area contributed by atoms with Gasteiger partial charge in [-0.25, -0.2) is 4.98 Å². The molecule has 1 fully saturated rings. The average molecular weight is 211 g/mol. The molecule has 1 heterocycles. The summed E-state index contributed by atoms with van der Waals surface area (Å²) in [6.07, 6.45) is 4.44. The van der Waals surface area contributed by atoms with Crippen molar-refractivity contribution >= 4 is 16.5 Å². The second-order valence-corrected chi connectivity index (χ2v) is 5.36. The van der Waals surface area contributed by atoms with E-state index in [4.69, 9.17) is 5.73 Å². The van der Waals surface area contributed by atoms with Crippen LogP contribution in [0.5, 0.6) is 0 Å². The molecule has 3 nitrogen and oxygen atoms in total. The lowest BCUT2D eigenvalue weighted by Crippen LogP contribution is -2.30. The van der Waals surface area contributed by atoms with Crippen LogP contribution in [0.1, 0.15) is 24.6 Å². The van der Waals surface area contributed by atoms with Gasteiger partial charge < -0.3 is 10.6 Å². The van der Waals surface area contributed by atoms with Crippen LogP contribution in [-0.4, -0.2) is 25.1 Å². The Morgan fingerprint density at radius 3 is 2.57 bits per heavy atom. The summed E-state index contributed by atoms with van der Waals surface area (Å²) in [5.74, 6) is 0. The molecule has 1 saturated carbocycles. The van der Waals surface area contributed by atoms with Crippen molar-refractivity contribution in [3.63, 3.8) is 0 Å². The van der Waals surface area contributed by atoms with Gasteiger partial charge in [0.2, 0.25) is 0 Å². The van der Waals surface area contributed by atoms with Gasteiger partial charge in [-0.2, -0.15) is 0 Å². The standard InChI is InChI=1S/C10H17N3S/c1-7(11)10(4-5-10)8-6-12-9(14-8)13(2)3/h6-7H,4-5,11H2,1-3H3. The number of nitrogens with zero attached hydrogens (tertiary/aromatic N) is 2. The fourth-order valence-corrected chi connectivity index (χ4v) is 2.95. The highest BCUT2D eigenvalue weighted by Crippen LogP contribution is 2.52. The largest absolute Gasteiger partial charge is 0.354 e. The van der Waals surface area contributed by atoms with Crippen LogP contribution >= 0.6 is 11.3 Å². The van der Waals surface area contributed by atoms with E-state index in [9.17, 15) is 0 Å². The molecule has 78 valence electrons. The van der Waals surface area contributed by atoms with Crippen molar-refractivity contribution in [1.82, 2.24) is 4.98 Å². The molecule has 2 N–H and O–H groups in total. The Morgan fingerprint density at radius 2 is 2.21 bits per heavy atom. The minimum atomic E-state index is 0.248. The minimum absolute atomic E-state index is 0.248. The summed E-state index contributed by atoms with van der Waals surface area (Å²) in [4.78, 5) is 7.80. The van der Waals surface area contributed by atoms with Crippen LogP contribution in [0.4, 0.5) is 5.13 Å². The molecule has 14 heavy (non-hydrogen) atoms. The van der Waals surface area contributed by atoms with Crippen molar-refractivity contribution in [2.45, 2.75) is 31.2 Å². The van der Waals surface area contributed by atoms with Gasteiger partial charge in [-0.1, -0.05) is 0 Å². The van der Waals surface area contributed by atoms with Crippen molar-refractivity contribution in [2.75, 3.05) is 19.0 Å². The molecular weight excluding hydrogens is 194 g/mol. The third-order valence-electron chi connectivity index (χ3n) is 3.03. The smallest absolute Gasteiger partial charge is 0.184 e. The Labute approximate surface area is 88.9 Å². The van der Waals surface area contributed by atoms with Gasteiger partial charge in [0.05, 0.1) is 0 Å². The van der Waals surface area contributed by atoms with Crippen molar-refractivity contribution in [2.24, 2.45) is 5.73 Å². The topological polar surface area (TPSA) is 42.1 Å². The summed E-state index contributed by atoms with van der Waals surface area (Å²) in [6, 6.07) is 0.248. The van der Waals surface area contributed by atoms with E-state index in [0.717, 1.165) is 5.13 Å². The summed E-state index contributed by atoms with van der Waals surface area (Å²) in [5.41, 5.74) is 6.27. The van der Waals surface area contributed by atoms with Crippen molar-refractivity contribution in [3.05, 3.63) is 11.1 Å². The van der Waals surface area contributed by atoms with Gasteiger partial charge in [0.15, 0.2) is 5.13 Å². The monoisotopic (exact) mass is 211 g/mol. The Bertz CT molecular complexity index is 326. The Hall–Kier alpha value is -0.610. The third-order valence-corrected chi connectivity index (χ3v) is 4.41. The molecule has 0 spiro atoms. The molecule has 1 aliphatic carbocycles. The Balaban J connectivity index is 2.25. The molecule has 1 aromatic rings. The maximum absolute atomic E-state index is 6.02. The van der Waals surface area contributed by atoms with Gasteiger partial charge >= 0.3 is 0 Å². The van der Waals surface area contributed by atoms with Gasteiger partial charge in [0, 0.05) is 36.6 Å². The molecule has 2 rings (SSSR count). The third kappa shape index (κ3) is 1.42. The van der Waals surface area contributed by atoms with Crippen LogP contribution in [0.25, 0.3) is 0 Å². The lowest BCUT2D eigenvalue weighted by molar-refractivity contribution is 0.565. The van der Waals surface area contributed by atoms with E-state index in [-0.39, 0.29) is 11.5 Å². The number of rotatable bonds is 3. The van der Waals surface area contributed by atoms with E-state index >= 15 is 0 Å². The molecule has 0 amide bonds. The average Bonchev–Trinajstić information content (AvgIpc) is 2.77. The highest BCUT2D eigenvalue weighted by atomic mass is 32.1. The maximum Gasteiger partial charge on any atom is 0.184 e. The van der Waals surface area contributed by atoms with E-state index in [2.05, 4.69) is 11.9 Å². The highest BCUT2D eigenvalue weighted by molar-refractivity contribution is 7.15. The first kappa shape index (κ1) is 9.93. The minimum Gasteiger partial charge on any atom is -0.354 e. The van der Waals surface area contributed by atoms with Gasteiger partial charge in [-0.05, 0) is 19.8 Å². The normalized spacial score (nSPS) is 20.6. The van der Waals surface area contributed by atoms with E-state index in [1.54, 1.807) is 11.3 Å². The fraction of sp³-hybridized carbons (Fsp3) is 0.700. The Morgan fingerprint density at radius 1 is 1.57 bits per heavy atom. The van der Waals surface area contributed by atoms with Gasteiger partial charge in [-0.3, -0.25) is 0 Å². The molecule has 0 aromatic carbocycles. The number of hydrogen-bond acceptors (Lipinski definition) is 4. The number of hydrogen-bond donors (Lipinski definition) is 1. The van der Waals surface area contributed by atoms with Crippen LogP contribution in [0, 0.1) is 0 Å². The molecular formula is C10H17N3S. The lowest BCUT2D eigenvalue weighted by Gasteiger charge is -2.16. The summed E-state index contributed by atoms with van der Waals surface area (Å²) in [6.45, 7) is 2.10.